The van der Waals surface area contributed by atoms with Crippen LogP contribution in [0.15, 0.2) is 79.4 Å². The fraction of sp³-hybridized carbons (Fsp3) is 0.174. The summed E-state index contributed by atoms with van der Waals surface area (Å²) < 4.78 is 0. The summed E-state index contributed by atoms with van der Waals surface area (Å²) in [6.07, 6.45) is 1.75. The van der Waals surface area contributed by atoms with Crippen molar-refractivity contribution in [2.75, 3.05) is 18.4 Å². The highest BCUT2D eigenvalue weighted by Gasteiger charge is 2.18. The van der Waals surface area contributed by atoms with Crippen LogP contribution in [0, 0.1) is 0 Å². The number of benzene rings is 2. The smallest absolute Gasteiger partial charge is 0.272 e. The predicted octanol–water partition coefficient (Wildman–Crippen LogP) is 4.40. The van der Waals surface area contributed by atoms with Gasteiger partial charge in [-0.25, -0.2) is 9.97 Å². The number of hydrogen-bond donors (Lipinski definition) is 1. The van der Waals surface area contributed by atoms with Crippen LogP contribution in [0.5, 0.6) is 0 Å². The van der Waals surface area contributed by atoms with Crippen LogP contribution in [0.25, 0.3) is 11.4 Å². The van der Waals surface area contributed by atoms with Gasteiger partial charge in [-0.05, 0) is 12.5 Å². The van der Waals surface area contributed by atoms with Crippen molar-refractivity contribution in [1.82, 2.24) is 14.9 Å². The van der Waals surface area contributed by atoms with Gasteiger partial charge in [-0.15, -0.1) is 6.58 Å². The normalized spacial score (nSPS) is 10.3. The monoisotopic (exact) mass is 372 g/mol. The SMILES string of the molecule is C=CCNc1cc(C(=O)N(CC)Cc2ccccc2)nc(-c2ccccc2)n1. The van der Waals surface area contributed by atoms with Crippen LogP contribution in [-0.2, 0) is 6.54 Å². The molecular weight excluding hydrogens is 348 g/mol. The first kappa shape index (κ1) is 19.3. The van der Waals surface area contributed by atoms with Gasteiger partial charge in [-0.1, -0.05) is 66.7 Å². The third kappa shape index (κ3) is 4.82. The Morgan fingerprint density at radius 3 is 2.39 bits per heavy atom. The Balaban J connectivity index is 1.93. The Bertz CT molecular complexity index is 926. The lowest BCUT2D eigenvalue weighted by Crippen LogP contribution is -2.31. The number of carbonyl (C=O) groups is 1. The molecule has 3 rings (SSSR count). The lowest BCUT2D eigenvalue weighted by atomic mass is 10.2. The van der Waals surface area contributed by atoms with Crippen LogP contribution >= 0.6 is 0 Å². The van der Waals surface area contributed by atoms with Gasteiger partial charge in [0.25, 0.3) is 5.91 Å². The Kier molecular flexibility index (Phi) is 6.52. The van der Waals surface area contributed by atoms with E-state index >= 15 is 0 Å². The molecule has 0 bridgehead atoms. The molecule has 0 aliphatic heterocycles. The fourth-order valence-electron chi connectivity index (χ4n) is 2.83. The number of anilines is 1. The number of aromatic nitrogens is 2. The van der Waals surface area contributed by atoms with Crippen molar-refractivity contribution >= 4 is 11.7 Å². The van der Waals surface area contributed by atoms with Gasteiger partial charge in [0.15, 0.2) is 5.82 Å². The van der Waals surface area contributed by atoms with Crippen molar-refractivity contribution in [2.45, 2.75) is 13.5 Å². The van der Waals surface area contributed by atoms with Gasteiger partial charge < -0.3 is 10.2 Å². The van der Waals surface area contributed by atoms with Crippen LogP contribution in [0.1, 0.15) is 23.0 Å². The summed E-state index contributed by atoms with van der Waals surface area (Å²) in [6, 6.07) is 21.3. The number of amides is 1. The molecule has 5 nitrogen and oxygen atoms in total. The van der Waals surface area contributed by atoms with E-state index in [4.69, 9.17) is 0 Å². The van der Waals surface area contributed by atoms with Crippen LogP contribution < -0.4 is 5.32 Å². The number of rotatable bonds is 8. The summed E-state index contributed by atoms with van der Waals surface area (Å²) in [6.45, 7) is 7.38. The van der Waals surface area contributed by atoms with Crippen molar-refractivity contribution in [3.05, 3.63) is 90.6 Å². The van der Waals surface area contributed by atoms with Crippen LogP contribution in [-0.4, -0.2) is 33.9 Å². The molecule has 28 heavy (non-hydrogen) atoms. The molecule has 2 aromatic carbocycles. The van der Waals surface area contributed by atoms with E-state index < -0.39 is 0 Å². The van der Waals surface area contributed by atoms with E-state index in [1.165, 1.54) is 0 Å². The number of hydrogen-bond acceptors (Lipinski definition) is 4. The van der Waals surface area contributed by atoms with Gasteiger partial charge in [-0.3, -0.25) is 4.79 Å². The highest BCUT2D eigenvalue weighted by molar-refractivity contribution is 5.93. The van der Waals surface area contributed by atoms with E-state index in [1.807, 2.05) is 67.6 Å². The number of nitrogens with zero attached hydrogens (tertiary/aromatic N) is 3. The summed E-state index contributed by atoms with van der Waals surface area (Å²) in [5, 5.41) is 3.17. The average Bonchev–Trinajstić information content (AvgIpc) is 2.76. The van der Waals surface area contributed by atoms with E-state index in [0.29, 0.717) is 37.0 Å². The Morgan fingerprint density at radius 1 is 1.07 bits per heavy atom. The Labute approximate surface area is 165 Å². The van der Waals surface area contributed by atoms with Crippen molar-refractivity contribution in [2.24, 2.45) is 0 Å². The Morgan fingerprint density at radius 2 is 1.75 bits per heavy atom. The molecule has 0 atom stereocenters. The van der Waals surface area contributed by atoms with E-state index in [1.54, 1.807) is 17.0 Å². The quantitative estimate of drug-likeness (QED) is 0.595. The summed E-state index contributed by atoms with van der Waals surface area (Å²) in [5.41, 5.74) is 2.32. The lowest BCUT2D eigenvalue weighted by Gasteiger charge is -2.21. The van der Waals surface area contributed by atoms with E-state index in [9.17, 15) is 4.79 Å². The molecule has 0 aliphatic rings. The molecule has 1 aromatic heterocycles. The molecule has 142 valence electrons. The van der Waals surface area contributed by atoms with Crippen molar-refractivity contribution in [3.8, 4) is 11.4 Å². The van der Waals surface area contributed by atoms with Gasteiger partial charge in [0, 0.05) is 31.3 Å². The summed E-state index contributed by atoms with van der Waals surface area (Å²) in [7, 11) is 0. The predicted molar refractivity (Wildman–Crippen MR) is 113 cm³/mol. The second-order valence-corrected chi connectivity index (χ2v) is 6.30. The zero-order valence-electron chi connectivity index (χ0n) is 16.0. The second kappa shape index (κ2) is 9.46. The van der Waals surface area contributed by atoms with Crippen molar-refractivity contribution in [1.29, 1.82) is 0 Å². The maximum Gasteiger partial charge on any atom is 0.272 e. The van der Waals surface area contributed by atoms with Gasteiger partial charge >= 0.3 is 0 Å². The molecule has 1 heterocycles. The summed E-state index contributed by atoms with van der Waals surface area (Å²) in [5.74, 6) is 1.01. The van der Waals surface area contributed by atoms with Crippen molar-refractivity contribution < 1.29 is 4.79 Å². The minimum Gasteiger partial charge on any atom is -0.366 e. The third-order valence-electron chi connectivity index (χ3n) is 4.29. The van der Waals surface area contributed by atoms with Gasteiger partial charge in [0.05, 0.1) is 0 Å². The fourth-order valence-corrected chi connectivity index (χ4v) is 2.83. The van der Waals surface area contributed by atoms with Gasteiger partial charge in [-0.2, -0.15) is 0 Å². The summed E-state index contributed by atoms with van der Waals surface area (Å²) in [4.78, 5) is 24.1. The first-order valence-corrected chi connectivity index (χ1v) is 9.33. The van der Waals surface area contributed by atoms with Crippen LogP contribution in [0.3, 0.4) is 0 Å². The zero-order chi connectivity index (χ0) is 19.8. The van der Waals surface area contributed by atoms with Gasteiger partial charge in [0.2, 0.25) is 0 Å². The van der Waals surface area contributed by atoms with Crippen molar-refractivity contribution in [3.63, 3.8) is 0 Å². The molecule has 0 saturated heterocycles. The second-order valence-electron chi connectivity index (χ2n) is 6.30. The van der Waals surface area contributed by atoms with Crippen LogP contribution in [0.2, 0.25) is 0 Å². The number of nitrogens with one attached hydrogen (secondary N) is 1. The molecule has 1 N–H and O–H groups in total. The van der Waals surface area contributed by atoms with E-state index in [-0.39, 0.29) is 5.91 Å². The standard InChI is InChI=1S/C23H24N4O/c1-3-15-24-21-16-20(25-22(26-21)19-13-9-6-10-14-19)23(28)27(4-2)17-18-11-7-5-8-12-18/h3,5-14,16H,1,4,15,17H2,2H3,(H,24,25,26). The largest absolute Gasteiger partial charge is 0.366 e. The number of carbonyl (C=O) groups excluding carboxylic acids is 1. The first-order chi connectivity index (χ1) is 13.7. The molecule has 0 fully saturated rings. The molecule has 0 unspecified atom stereocenters. The molecule has 0 aliphatic carbocycles. The maximum atomic E-state index is 13.2. The molecule has 0 radical (unpaired) electrons. The Hall–Kier alpha value is -3.47. The van der Waals surface area contributed by atoms with Gasteiger partial charge in [0.1, 0.15) is 11.5 Å². The molecule has 1 amide bonds. The average molecular weight is 372 g/mol. The highest BCUT2D eigenvalue weighted by atomic mass is 16.2. The first-order valence-electron chi connectivity index (χ1n) is 9.33. The van der Waals surface area contributed by atoms with E-state index in [2.05, 4.69) is 21.9 Å². The van der Waals surface area contributed by atoms with E-state index in [0.717, 1.165) is 11.1 Å². The minimum absolute atomic E-state index is 0.118. The third-order valence-corrected chi connectivity index (χ3v) is 4.29. The minimum atomic E-state index is -0.118. The molecule has 3 aromatic rings. The highest BCUT2D eigenvalue weighted by Crippen LogP contribution is 2.19. The maximum absolute atomic E-state index is 13.2. The summed E-state index contributed by atoms with van der Waals surface area (Å²) >= 11 is 0. The molecule has 0 spiro atoms. The molecule has 0 saturated carbocycles. The molecular formula is C23H24N4O. The zero-order valence-corrected chi connectivity index (χ0v) is 16.0. The van der Waals surface area contributed by atoms with Crippen LogP contribution in [0.4, 0.5) is 5.82 Å². The molecule has 5 heteroatoms. The lowest BCUT2D eigenvalue weighted by molar-refractivity contribution is 0.0746. The topological polar surface area (TPSA) is 58.1 Å².